The number of quaternary nitrogens is 2. The molecule has 1 aromatic heterocycles. The van der Waals surface area contributed by atoms with Crippen molar-refractivity contribution in [1.29, 1.82) is 0 Å². The Morgan fingerprint density at radius 2 is 1.96 bits per heavy atom. The van der Waals surface area contributed by atoms with Crippen LogP contribution in [0.3, 0.4) is 0 Å². The van der Waals surface area contributed by atoms with Gasteiger partial charge in [0.2, 0.25) is 0 Å². The zero-order valence-electron chi connectivity index (χ0n) is 16.8. The Labute approximate surface area is 162 Å². The summed E-state index contributed by atoms with van der Waals surface area (Å²) >= 11 is 0. The SMILES string of the molecule is Cc1ccc2c(c1)c1c3n2CC[NH+](C[C@@H](O)C[NH+]2CCCCC2)[C@@H]3CCC1. The summed E-state index contributed by atoms with van der Waals surface area (Å²) in [6.07, 6.45) is 7.70. The molecule has 1 unspecified atom stereocenters. The molecule has 146 valence electrons. The number of nitrogens with zero attached hydrogens (tertiary/aromatic N) is 1. The van der Waals surface area contributed by atoms with Gasteiger partial charge in [-0.3, -0.25) is 0 Å². The summed E-state index contributed by atoms with van der Waals surface area (Å²) in [5.74, 6) is 0. The smallest absolute Gasteiger partial charge is 0.152 e. The molecule has 0 amide bonds. The third kappa shape index (κ3) is 3.22. The van der Waals surface area contributed by atoms with E-state index in [1.807, 2.05) is 0 Å². The van der Waals surface area contributed by atoms with E-state index < -0.39 is 0 Å². The molecule has 0 bridgehead atoms. The van der Waals surface area contributed by atoms with Crippen LogP contribution in [-0.2, 0) is 13.0 Å². The maximum atomic E-state index is 10.8. The van der Waals surface area contributed by atoms with Gasteiger partial charge in [0, 0.05) is 17.3 Å². The summed E-state index contributed by atoms with van der Waals surface area (Å²) in [4.78, 5) is 3.26. The molecular formula is C23H35N3O+2. The van der Waals surface area contributed by atoms with Crippen LogP contribution < -0.4 is 9.80 Å². The van der Waals surface area contributed by atoms with Crippen LogP contribution in [-0.4, -0.2) is 48.5 Å². The number of likely N-dealkylation sites (tertiary alicyclic amines) is 1. The van der Waals surface area contributed by atoms with Crippen molar-refractivity contribution in [3.8, 4) is 0 Å². The minimum Gasteiger partial charge on any atom is -0.382 e. The van der Waals surface area contributed by atoms with Crippen molar-refractivity contribution >= 4 is 10.9 Å². The van der Waals surface area contributed by atoms with Crippen LogP contribution in [0.2, 0.25) is 0 Å². The first kappa shape index (κ1) is 17.7. The molecule has 1 saturated heterocycles. The van der Waals surface area contributed by atoms with Crippen molar-refractivity contribution in [3.63, 3.8) is 0 Å². The molecule has 27 heavy (non-hydrogen) atoms. The first-order valence-electron chi connectivity index (χ1n) is 11.2. The molecule has 3 N–H and O–H groups in total. The first-order chi connectivity index (χ1) is 13.2. The van der Waals surface area contributed by atoms with Gasteiger partial charge in [0.15, 0.2) is 6.10 Å². The minimum atomic E-state index is -0.156. The summed E-state index contributed by atoms with van der Waals surface area (Å²) in [6, 6.07) is 7.57. The zero-order chi connectivity index (χ0) is 18.4. The molecule has 2 aliphatic heterocycles. The van der Waals surface area contributed by atoms with Crippen LogP contribution in [0.25, 0.3) is 10.9 Å². The zero-order valence-corrected chi connectivity index (χ0v) is 16.8. The summed E-state index contributed by atoms with van der Waals surface area (Å²) in [5, 5.41) is 12.3. The van der Waals surface area contributed by atoms with Crippen molar-refractivity contribution in [1.82, 2.24) is 4.57 Å². The number of aryl methyl sites for hydroxylation is 2. The van der Waals surface area contributed by atoms with E-state index in [4.69, 9.17) is 0 Å². The largest absolute Gasteiger partial charge is 0.382 e. The number of hydrogen-bond acceptors (Lipinski definition) is 1. The van der Waals surface area contributed by atoms with Crippen molar-refractivity contribution in [3.05, 3.63) is 35.0 Å². The van der Waals surface area contributed by atoms with Crippen molar-refractivity contribution in [2.45, 2.75) is 64.1 Å². The number of piperidine rings is 1. The summed E-state index contributed by atoms with van der Waals surface area (Å²) < 4.78 is 2.61. The second kappa shape index (κ2) is 7.23. The van der Waals surface area contributed by atoms with Crippen LogP contribution in [0.1, 0.15) is 55.0 Å². The van der Waals surface area contributed by atoms with Gasteiger partial charge in [0.25, 0.3) is 0 Å². The molecule has 2 aromatic rings. The number of aliphatic hydroxyl groups is 1. The Bertz CT molecular complexity index is 821. The van der Waals surface area contributed by atoms with Crippen molar-refractivity contribution < 1.29 is 14.9 Å². The fourth-order valence-electron chi connectivity index (χ4n) is 6.11. The molecule has 3 heterocycles. The van der Waals surface area contributed by atoms with E-state index in [0.29, 0.717) is 6.04 Å². The van der Waals surface area contributed by atoms with Gasteiger partial charge < -0.3 is 19.5 Å². The van der Waals surface area contributed by atoms with Crippen LogP contribution >= 0.6 is 0 Å². The Morgan fingerprint density at radius 3 is 2.81 bits per heavy atom. The van der Waals surface area contributed by atoms with Crippen LogP contribution in [0.5, 0.6) is 0 Å². The number of aromatic nitrogens is 1. The topological polar surface area (TPSA) is 34.0 Å². The van der Waals surface area contributed by atoms with E-state index in [9.17, 15) is 5.11 Å². The van der Waals surface area contributed by atoms with E-state index in [0.717, 1.165) is 26.2 Å². The second-order valence-electron chi connectivity index (χ2n) is 9.26. The van der Waals surface area contributed by atoms with Gasteiger partial charge in [0.05, 0.1) is 31.9 Å². The quantitative estimate of drug-likeness (QED) is 0.727. The highest BCUT2D eigenvalue weighted by Crippen LogP contribution is 2.37. The molecule has 1 aromatic carbocycles. The maximum Gasteiger partial charge on any atom is 0.152 e. The predicted octanol–water partition coefficient (Wildman–Crippen LogP) is 0.655. The number of aliphatic hydroxyl groups excluding tert-OH is 1. The highest BCUT2D eigenvalue weighted by Gasteiger charge is 2.38. The summed E-state index contributed by atoms with van der Waals surface area (Å²) in [7, 11) is 0. The van der Waals surface area contributed by atoms with Gasteiger partial charge >= 0.3 is 0 Å². The summed E-state index contributed by atoms with van der Waals surface area (Å²) in [5.41, 5.74) is 6.02. The molecular weight excluding hydrogens is 334 g/mol. The van der Waals surface area contributed by atoms with E-state index in [1.54, 1.807) is 21.1 Å². The van der Waals surface area contributed by atoms with Gasteiger partial charge in [-0.1, -0.05) is 11.6 Å². The Morgan fingerprint density at radius 1 is 1.11 bits per heavy atom. The average Bonchev–Trinajstić information content (AvgIpc) is 2.99. The fraction of sp³-hybridized carbons (Fsp3) is 0.652. The number of hydrogen-bond donors (Lipinski definition) is 3. The van der Waals surface area contributed by atoms with Gasteiger partial charge in [-0.15, -0.1) is 0 Å². The average molecular weight is 370 g/mol. The molecule has 0 spiro atoms. The lowest BCUT2D eigenvalue weighted by atomic mass is 9.89. The highest BCUT2D eigenvalue weighted by molar-refractivity contribution is 5.86. The minimum absolute atomic E-state index is 0.156. The number of benzene rings is 1. The molecule has 4 heteroatoms. The van der Waals surface area contributed by atoms with Gasteiger partial charge in [-0.2, -0.15) is 0 Å². The van der Waals surface area contributed by atoms with Crippen LogP contribution in [0.4, 0.5) is 0 Å². The lowest BCUT2D eigenvalue weighted by Crippen LogP contribution is -3.18. The van der Waals surface area contributed by atoms with Crippen molar-refractivity contribution in [2.75, 3.05) is 32.7 Å². The van der Waals surface area contributed by atoms with E-state index >= 15 is 0 Å². The number of rotatable bonds is 4. The molecule has 3 atom stereocenters. The normalized spacial score (nSPS) is 26.9. The lowest BCUT2D eigenvalue weighted by molar-refractivity contribution is -0.950. The van der Waals surface area contributed by atoms with Gasteiger partial charge in [0.1, 0.15) is 19.1 Å². The monoisotopic (exact) mass is 369 g/mol. The van der Waals surface area contributed by atoms with E-state index in [1.165, 1.54) is 68.1 Å². The second-order valence-corrected chi connectivity index (χ2v) is 9.26. The lowest BCUT2D eigenvalue weighted by Gasteiger charge is -2.38. The first-order valence-corrected chi connectivity index (χ1v) is 11.2. The maximum absolute atomic E-state index is 10.8. The van der Waals surface area contributed by atoms with Gasteiger partial charge in [-0.25, -0.2) is 0 Å². The third-order valence-electron chi connectivity index (χ3n) is 7.35. The molecule has 1 aliphatic carbocycles. The van der Waals surface area contributed by atoms with Crippen LogP contribution in [0, 0.1) is 6.92 Å². The van der Waals surface area contributed by atoms with Crippen molar-refractivity contribution in [2.24, 2.45) is 0 Å². The Hall–Kier alpha value is -1.36. The third-order valence-corrected chi connectivity index (χ3v) is 7.35. The predicted molar refractivity (Wildman–Crippen MR) is 108 cm³/mol. The standard InChI is InChI=1S/C23H33N3O/c1-17-8-9-21-20(14-17)19-6-5-7-22-23(19)26(21)13-12-25(22)16-18(27)15-24-10-3-2-4-11-24/h8-9,14,18,22,27H,2-7,10-13,15-16H2,1H3/p+2/t18-,22+/m0/s1. The molecule has 3 aliphatic rings. The molecule has 0 radical (unpaired) electrons. The van der Waals surface area contributed by atoms with E-state index in [-0.39, 0.29) is 6.10 Å². The van der Waals surface area contributed by atoms with E-state index in [2.05, 4.69) is 29.7 Å². The Balaban J connectivity index is 1.38. The molecule has 4 nitrogen and oxygen atoms in total. The van der Waals surface area contributed by atoms with Crippen LogP contribution in [0.15, 0.2) is 18.2 Å². The molecule has 0 saturated carbocycles. The highest BCUT2D eigenvalue weighted by atomic mass is 16.3. The molecule has 5 rings (SSSR count). The number of nitrogens with one attached hydrogen (secondary N) is 2. The fourth-order valence-corrected chi connectivity index (χ4v) is 6.11. The Kier molecular flexibility index (Phi) is 4.75. The summed E-state index contributed by atoms with van der Waals surface area (Å²) in [6.45, 7) is 8.85. The number of fused-ring (bicyclic) bond motifs is 3. The molecule has 1 fully saturated rings. The van der Waals surface area contributed by atoms with Gasteiger partial charge in [-0.05, 0) is 56.7 Å².